The quantitative estimate of drug-likeness (QED) is 0.707. The zero-order valence-electron chi connectivity index (χ0n) is 6.92. The van der Waals surface area contributed by atoms with Crippen LogP contribution in [0.5, 0.6) is 0 Å². The standard InChI is InChI=1S/C8H6F3N3/c9-8(10,11)7-13-4-6-5(12)2-1-3-14(6)7/h1-4H,12H2. The van der Waals surface area contributed by atoms with Crippen LogP contribution in [0.15, 0.2) is 24.5 Å². The molecule has 6 heteroatoms. The molecule has 2 aromatic heterocycles. The Bertz CT molecular complexity index is 472. The average molecular weight is 201 g/mol. The number of rotatable bonds is 0. The lowest BCUT2D eigenvalue weighted by atomic mass is 10.3. The molecule has 0 radical (unpaired) electrons. The molecular formula is C8H6F3N3. The molecule has 14 heavy (non-hydrogen) atoms. The first-order valence-corrected chi connectivity index (χ1v) is 3.79. The van der Waals surface area contributed by atoms with E-state index in [0.717, 1.165) is 10.6 Å². The molecule has 0 spiro atoms. The Balaban J connectivity index is 2.76. The van der Waals surface area contributed by atoms with Gasteiger partial charge in [0.25, 0.3) is 0 Å². The third-order valence-electron chi connectivity index (χ3n) is 1.86. The molecule has 0 saturated carbocycles. The summed E-state index contributed by atoms with van der Waals surface area (Å²) < 4.78 is 38.0. The minimum atomic E-state index is -4.46. The molecule has 2 aromatic rings. The second-order valence-electron chi connectivity index (χ2n) is 2.80. The predicted molar refractivity (Wildman–Crippen MR) is 44.6 cm³/mol. The first-order valence-electron chi connectivity index (χ1n) is 3.79. The van der Waals surface area contributed by atoms with Crippen LogP contribution in [0.25, 0.3) is 5.52 Å². The Morgan fingerprint density at radius 2 is 2.07 bits per heavy atom. The molecule has 0 atom stereocenters. The van der Waals surface area contributed by atoms with Gasteiger partial charge in [0.05, 0.1) is 17.4 Å². The molecule has 0 bridgehead atoms. The Morgan fingerprint density at radius 3 is 2.71 bits per heavy atom. The number of halogens is 3. The number of alkyl halides is 3. The molecule has 0 aliphatic heterocycles. The van der Waals surface area contributed by atoms with Gasteiger partial charge in [-0.05, 0) is 12.1 Å². The Hall–Kier alpha value is -1.72. The number of nitrogen functional groups attached to an aromatic ring is 1. The van der Waals surface area contributed by atoms with Gasteiger partial charge in [0, 0.05) is 6.20 Å². The number of imidazole rings is 1. The number of hydrogen-bond donors (Lipinski definition) is 1. The van der Waals surface area contributed by atoms with E-state index in [4.69, 9.17) is 5.73 Å². The highest BCUT2D eigenvalue weighted by atomic mass is 19.4. The Kier molecular flexibility index (Phi) is 1.67. The van der Waals surface area contributed by atoms with Crippen LogP contribution in [-0.2, 0) is 6.18 Å². The van der Waals surface area contributed by atoms with Crippen molar-refractivity contribution in [3.8, 4) is 0 Å². The zero-order valence-corrected chi connectivity index (χ0v) is 6.92. The van der Waals surface area contributed by atoms with Crippen LogP contribution in [0.1, 0.15) is 5.82 Å². The normalized spacial score (nSPS) is 12.2. The van der Waals surface area contributed by atoms with E-state index in [9.17, 15) is 13.2 Å². The number of pyridine rings is 1. The second kappa shape index (κ2) is 2.63. The van der Waals surface area contributed by atoms with Crippen molar-refractivity contribution in [2.24, 2.45) is 0 Å². The molecule has 0 aromatic carbocycles. The molecule has 3 nitrogen and oxygen atoms in total. The number of nitrogens with two attached hydrogens (primary N) is 1. The summed E-state index contributed by atoms with van der Waals surface area (Å²) in [6, 6.07) is 2.97. The fourth-order valence-corrected chi connectivity index (χ4v) is 1.25. The summed E-state index contributed by atoms with van der Waals surface area (Å²) in [4.78, 5) is 3.29. The van der Waals surface area contributed by atoms with Crippen molar-refractivity contribution in [2.45, 2.75) is 6.18 Å². The number of nitrogens with zero attached hydrogens (tertiary/aromatic N) is 2. The maximum atomic E-state index is 12.4. The smallest absolute Gasteiger partial charge is 0.397 e. The highest BCUT2D eigenvalue weighted by molar-refractivity contribution is 5.68. The molecule has 74 valence electrons. The Morgan fingerprint density at radius 1 is 1.36 bits per heavy atom. The van der Waals surface area contributed by atoms with Gasteiger partial charge < -0.3 is 5.73 Å². The van der Waals surface area contributed by atoms with Crippen LogP contribution in [0.2, 0.25) is 0 Å². The fourth-order valence-electron chi connectivity index (χ4n) is 1.25. The first-order chi connectivity index (χ1) is 6.50. The SMILES string of the molecule is Nc1cccn2c(C(F)(F)F)ncc12. The van der Waals surface area contributed by atoms with Gasteiger partial charge in [-0.25, -0.2) is 4.98 Å². The zero-order chi connectivity index (χ0) is 10.3. The van der Waals surface area contributed by atoms with Gasteiger partial charge in [0.1, 0.15) is 0 Å². The monoisotopic (exact) mass is 201 g/mol. The van der Waals surface area contributed by atoms with E-state index >= 15 is 0 Å². The van der Waals surface area contributed by atoms with Crippen LogP contribution in [0.4, 0.5) is 18.9 Å². The van der Waals surface area contributed by atoms with Crippen LogP contribution < -0.4 is 5.73 Å². The predicted octanol–water partition coefficient (Wildman–Crippen LogP) is 1.94. The van der Waals surface area contributed by atoms with Gasteiger partial charge in [0.15, 0.2) is 0 Å². The summed E-state index contributed by atoms with van der Waals surface area (Å²) >= 11 is 0. The lowest BCUT2D eigenvalue weighted by Crippen LogP contribution is -2.10. The molecule has 2 heterocycles. The molecule has 2 N–H and O–H groups in total. The molecule has 0 saturated heterocycles. The van der Waals surface area contributed by atoms with Crippen molar-refractivity contribution in [3.05, 3.63) is 30.4 Å². The van der Waals surface area contributed by atoms with Crippen molar-refractivity contribution in [3.63, 3.8) is 0 Å². The van der Waals surface area contributed by atoms with Gasteiger partial charge in [0.2, 0.25) is 5.82 Å². The van der Waals surface area contributed by atoms with E-state index in [1.54, 1.807) is 0 Å². The van der Waals surface area contributed by atoms with Gasteiger partial charge >= 0.3 is 6.18 Å². The minimum Gasteiger partial charge on any atom is -0.397 e. The van der Waals surface area contributed by atoms with Gasteiger partial charge in [-0.3, -0.25) is 4.40 Å². The first kappa shape index (κ1) is 8.86. The van der Waals surface area contributed by atoms with Crippen LogP contribution in [-0.4, -0.2) is 9.38 Å². The van der Waals surface area contributed by atoms with Crippen molar-refractivity contribution in [2.75, 3.05) is 5.73 Å². The lowest BCUT2D eigenvalue weighted by Gasteiger charge is -2.05. The van der Waals surface area contributed by atoms with Crippen LogP contribution >= 0.6 is 0 Å². The largest absolute Gasteiger partial charge is 0.450 e. The Labute approximate surface area is 77.0 Å². The van der Waals surface area contributed by atoms with E-state index in [-0.39, 0.29) is 11.2 Å². The minimum absolute atomic E-state index is 0.264. The number of hydrogen-bond acceptors (Lipinski definition) is 2. The maximum absolute atomic E-state index is 12.4. The summed E-state index contributed by atoms with van der Waals surface area (Å²) in [5.41, 5.74) is 6.02. The third kappa shape index (κ3) is 1.19. The maximum Gasteiger partial charge on any atom is 0.450 e. The van der Waals surface area contributed by atoms with E-state index in [1.807, 2.05) is 0 Å². The highest BCUT2D eigenvalue weighted by Crippen LogP contribution is 2.29. The van der Waals surface area contributed by atoms with Crippen molar-refractivity contribution in [1.29, 1.82) is 0 Å². The summed E-state index contributed by atoms with van der Waals surface area (Å²) in [5.74, 6) is -0.959. The van der Waals surface area contributed by atoms with Crippen molar-refractivity contribution in [1.82, 2.24) is 9.38 Å². The topological polar surface area (TPSA) is 43.3 Å². The van der Waals surface area contributed by atoms with Crippen molar-refractivity contribution >= 4 is 11.2 Å². The summed E-state index contributed by atoms with van der Waals surface area (Å²) in [6.07, 6.45) is -2.07. The number of anilines is 1. The molecule has 0 aliphatic rings. The fraction of sp³-hybridized carbons (Fsp3) is 0.125. The van der Waals surface area contributed by atoms with Crippen molar-refractivity contribution < 1.29 is 13.2 Å². The van der Waals surface area contributed by atoms with Gasteiger partial charge in [-0.1, -0.05) is 0 Å². The lowest BCUT2D eigenvalue weighted by molar-refractivity contribution is -0.145. The van der Waals surface area contributed by atoms with E-state index in [2.05, 4.69) is 4.98 Å². The molecule has 0 amide bonds. The summed E-state index contributed by atoms with van der Waals surface area (Å²) in [5, 5.41) is 0. The molecular weight excluding hydrogens is 195 g/mol. The number of fused-ring (bicyclic) bond motifs is 1. The highest BCUT2D eigenvalue weighted by Gasteiger charge is 2.35. The summed E-state index contributed by atoms with van der Waals surface area (Å²) in [6.45, 7) is 0. The molecule has 0 fully saturated rings. The molecule has 2 rings (SSSR count). The van der Waals surface area contributed by atoms with Crippen LogP contribution in [0, 0.1) is 0 Å². The van der Waals surface area contributed by atoms with Gasteiger partial charge in [-0.15, -0.1) is 0 Å². The average Bonchev–Trinajstić information content (AvgIpc) is 2.47. The second-order valence-corrected chi connectivity index (χ2v) is 2.80. The van der Waals surface area contributed by atoms with Crippen LogP contribution in [0.3, 0.4) is 0 Å². The van der Waals surface area contributed by atoms with E-state index in [0.29, 0.717) is 0 Å². The number of aromatic nitrogens is 2. The third-order valence-corrected chi connectivity index (χ3v) is 1.86. The van der Waals surface area contributed by atoms with Gasteiger partial charge in [-0.2, -0.15) is 13.2 Å². The molecule has 0 unspecified atom stereocenters. The van der Waals surface area contributed by atoms with E-state index in [1.165, 1.54) is 18.3 Å². The van der Waals surface area contributed by atoms with E-state index < -0.39 is 12.0 Å². The molecule has 0 aliphatic carbocycles. The summed E-state index contributed by atoms with van der Waals surface area (Å²) in [7, 11) is 0.